The predicted molar refractivity (Wildman–Crippen MR) is 91.4 cm³/mol. The van der Waals surface area contributed by atoms with Gasteiger partial charge >= 0.3 is 0 Å². The molecule has 1 atom stereocenters. The first kappa shape index (κ1) is 17.8. The zero-order chi connectivity index (χ0) is 16.7. The molecule has 0 spiro atoms. The highest BCUT2D eigenvalue weighted by Gasteiger charge is 2.23. The van der Waals surface area contributed by atoms with Gasteiger partial charge in [-0.2, -0.15) is 0 Å². The molecule has 2 rings (SSSR count). The van der Waals surface area contributed by atoms with Gasteiger partial charge in [-0.15, -0.1) is 0 Å². The van der Waals surface area contributed by atoms with Crippen LogP contribution in [0.25, 0.3) is 0 Å². The largest absolute Gasteiger partial charge is 0.497 e. The van der Waals surface area contributed by atoms with E-state index in [9.17, 15) is 4.79 Å². The van der Waals surface area contributed by atoms with E-state index in [-0.39, 0.29) is 5.91 Å². The lowest BCUT2D eigenvalue weighted by atomic mass is 9.84. The Morgan fingerprint density at radius 2 is 2.04 bits per heavy atom. The van der Waals surface area contributed by atoms with E-state index in [0.29, 0.717) is 12.6 Å². The van der Waals surface area contributed by atoms with Crippen molar-refractivity contribution in [3.8, 4) is 5.75 Å². The Hall–Kier alpha value is -1.55. The zero-order valence-corrected chi connectivity index (χ0v) is 14.5. The minimum absolute atomic E-state index is 0.00663. The van der Waals surface area contributed by atoms with Crippen LogP contribution in [0.4, 0.5) is 0 Å². The minimum atomic E-state index is -0.440. The number of rotatable bonds is 7. The normalized spacial score (nSPS) is 22.4. The summed E-state index contributed by atoms with van der Waals surface area (Å²) in [5, 5.41) is 3.13. The number of hydrogen-bond acceptors (Lipinski definition) is 3. The van der Waals surface area contributed by atoms with Crippen LogP contribution in [0.2, 0.25) is 0 Å². The molecule has 1 aromatic carbocycles. The van der Waals surface area contributed by atoms with Gasteiger partial charge in [0.05, 0.1) is 13.7 Å². The Balaban J connectivity index is 1.74. The molecular weight excluding hydrogens is 290 g/mol. The van der Waals surface area contributed by atoms with Gasteiger partial charge in [-0.25, -0.2) is 0 Å². The predicted octanol–water partition coefficient (Wildman–Crippen LogP) is 3.69. The number of hydrogen-bond donors (Lipinski definition) is 1. The van der Waals surface area contributed by atoms with Crippen LogP contribution in [-0.4, -0.2) is 25.2 Å². The van der Waals surface area contributed by atoms with Crippen LogP contribution in [0.5, 0.6) is 5.75 Å². The molecule has 0 heterocycles. The molecule has 0 saturated heterocycles. The number of nitrogens with one attached hydrogen (secondary N) is 1. The van der Waals surface area contributed by atoms with E-state index in [1.54, 1.807) is 7.11 Å². The molecule has 1 saturated carbocycles. The van der Waals surface area contributed by atoms with Crippen LogP contribution in [0, 0.1) is 5.92 Å². The summed E-state index contributed by atoms with van der Waals surface area (Å²) in [5.74, 6) is 1.63. The Morgan fingerprint density at radius 1 is 1.30 bits per heavy atom. The van der Waals surface area contributed by atoms with Crippen molar-refractivity contribution in [1.82, 2.24) is 5.32 Å². The van der Waals surface area contributed by atoms with Crippen molar-refractivity contribution in [1.29, 1.82) is 0 Å². The van der Waals surface area contributed by atoms with E-state index in [0.717, 1.165) is 30.1 Å². The molecule has 1 unspecified atom stereocenters. The molecule has 1 N–H and O–H groups in total. The lowest BCUT2D eigenvalue weighted by Gasteiger charge is -2.29. The molecule has 128 valence electrons. The van der Waals surface area contributed by atoms with E-state index >= 15 is 0 Å². The first-order chi connectivity index (χ1) is 11.1. The topological polar surface area (TPSA) is 47.6 Å². The van der Waals surface area contributed by atoms with E-state index in [1.165, 1.54) is 19.3 Å². The number of amides is 1. The summed E-state index contributed by atoms with van der Waals surface area (Å²) < 4.78 is 10.9. The highest BCUT2D eigenvalue weighted by molar-refractivity contribution is 5.80. The first-order valence-electron chi connectivity index (χ1n) is 8.67. The standard InChI is InChI=1S/C19H29NO3/c1-4-15-8-10-17(11-9-15)20-19(21)14(2)23-13-16-6-5-7-18(12-16)22-3/h5-7,12,14-15,17H,4,8-11,13H2,1-3H3,(H,20,21). The van der Waals surface area contributed by atoms with Crippen molar-refractivity contribution in [2.75, 3.05) is 7.11 Å². The fraction of sp³-hybridized carbons (Fsp3) is 0.632. The molecule has 1 aliphatic rings. The summed E-state index contributed by atoms with van der Waals surface area (Å²) in [5.41, 5.74) is 1.01. The van der Waals surface area contributed by atoms with Crippen molar-refractivity contribution in [2.45, 2.75) is 64.7 Å². The van der Waals surface area contributed by atoms with Crippen molar-refractivity contribution in [2.24, 2.45) is 5.92 Å². The smallest absolute Gasteiger partial charge is 0.249 e. The molecule has 0 bridgehead atoms. The molecule has 4 nitrogen and oxygen atoms in total. The van der Waals surface area contributed by atoms with E-state index in [2.05, 4.69) is 12.2 Å². The van der Waals surface area contributed by atoms with Crippen LogP contribution in [0.1, 0.15) is 51.5 Å². The third kappa shape index (κ3) is 5.54. The maximum Gasteiger partial charge on any atom is 0.249 e. The summed E-state index contributed by atoms with van der Waals surface area (Å²) in [4.78, 5) is 12.2. The van der Waals surface area contributed by atoms with E-state index < -0.39 is 6.10 Å². The van der Waals surface area contributed by atoms with Gasteiger partial charge < -0.3 is 14.8 Å². The molecule has 1 aliphatic carbocycles. The van der Waals surface area contributed by atoms with Crippen molar-refractivity contribution in [3.63, 3.8) is 0 Å². The van der Waals surface area contributed by atoms with Crippen LogP contribution in [0.3, 0.4) is 0 Å². The average molecular weight is 319 g/mol. The summed E-state index contributed by atoms with van der Waals surface area (Å²) >= 11 is 0. The van der Waals surface area contributed by atoms with Gasteiger partial charge in [0, 0.05) is 6.04 Å². The fourth-order valence-electron chi connectivity index (χ4n) is 3.09. The molecule has 1 fully saturated rings. The van der Waals surface area contributed by atoms with Gasteiger partial charge in [-0.05, 0) is 56.2 Å². The highest BCUT2D eigenvalue weighted by atomic mass is 16.5. The van der Waals surface area contributed by atoms with Gasteiger partial charge in [0.25, 0.3) is 0 Å². The summed E-state index contributed by atoms with van der Waals surface area (Å²) in [6.45, 7) is 4.47. The summed E-state index contributed by atoms with van der Waals surface area (Å²) in [6.07, 6.45) is 5.44. The summed E-state index contributed by atoms with van der Waals surface area (Å²) in [6, 6.07) is 8.03. The Labute approximate surface area is 139 Å². The van der Waals surface area contributed by atoms with Crippen molar-refractivity contribution in [3.05, 3.63) is 29.8 Å². The monoisotopic (exact) mass is 319 g/mol. The Kier molecular flexibility index (Phi) is 6.90. The Bertz CT molecular complexity index is 495. The zero-order valence-electron chi connectivity index (χ0n) is 14.5. The van der Waals surface area contributed by atoms with E-state index in [4.69, 9.17) is 9.47 Å². The number of ether oxygens (including phenoxy) is 2. The van der Waals surface area contributed by atoms with Gasteiger partial charge in [-0.3, -0.25) is 4.79 Å². The molecular formula is C19H29NO3. The molecule has 23 heavy (non-hydrogen) atoms. The number of benzene rings is 1. The van der Waals surface area contributed by atoms with Gasteiger partial charge in [0.15, 0.2) is 0 Å². The van der Waals surface area contributed by atoms with Crippen LogP contribution in [0.15, 0.2) is 24.3 Å². The summed E-state index contributed by atoms with van der Waals surface area (Å²) in [7, 11) is 1.64. The second-order valence-electron chi connectivity index (χ2n) is 6.44. The SMILES string of the molecule is CCC1CCC(NC(=O)C(C)OCc2cccc(OC)c2)CC1. The third-order valence-corrected chi connectivity index (χ3v) is 4.77. The number of carbonyl (C=O) groups excluding carboxylic acids is 1. The molecule has 0 radical (unpaired) electrons. The minimum Gasteiger partial charge on any atom is -0.497 e. The van der Waals surface area contributed by atoms with Crippen molar-refractivity contribution < 1.29 is 14.3 Å². The molecule has 4 heteroatoms. The lowest BCUT2D eigenvalue weighted by molar-refractivity contribution is -0.133. The lowest BCUT2D eigenvalue weighted by Crippen LogP contribution is -2.42. The fourth-order valence-corrected chi connectivity index (χ4v) is 3.09. The van der Waals surface area contributed by atoms with Gasteiger partial charge in [0.1, 0.15) is 11.9 Å². The van der Waals surface area contributed by atoms with Gasteiger partial charge in [-0.1, -0.05) is 25.5 Å². The molecule has 0 aromatic heterocycles. The number of methoxy groups -OCH3 is 1. The van der Waals surface area contributed by atoms with Crippen LogP contribution >= 0.6 is 0 Å². The maximum atomic E-state index is 12.2. The van der Waals surface area contributed by atoms with Crippen LogP contribution in [-0.2, 0) is 16.1 Å². The third-order valence-electron chi connectivity index (χ3n) is 4.77. The maximum absolute atomic E-state index is 12.2. The molecule has 1 aromatic rings. The quantitative estimate of drug-likeness (QED) is 0.834. The first-order valence-corrected chi connectivity index (χ1v) is 8.67. The Morgan fingerprint density at radius 3 is 2.70 bits per heavy atom. The molecule has 0 aliphatic heterocycles. The van der Waals surface area contributed by atoms with Crippen LogP contribution < -0.4 is 10.1 Å². The second-order valence-corrected chi connectivity index (χ2v) is 6.44. The van der Waals surface area contributed by atoms with Gasteiger partial charge in [0.2, 0.25) is 5.91 Å². The van der Waals surface area contributed by atoms with E-state index in [1.807, 2.05) is 31.2 Å². The average Bonchev–Trinajstić information content (AvgIpc) is 2.60. The second kappa shape index (κ2) is 8.92. The number of carbonyl (C=O) groups is 1. The molecule has 1 amide bonds. The highest BCUT2D eigenvalue weighted by Crippen LogP contribution is 2.26. The van der Waals surface area contributed by atoms with Crippen molar-refractivity contribution >= 4 is 5.91 Å².